The Balaban J connectivity index is 1.91. The maximum Gasteiger partial charge on any atom is 0.123 e. The molecule has 1 saturated carbocycles. The molecule has 0 heterocycles. The predicted molar refractivity (Wildman–Crippen MR) is 67.4 cm³/mol. The standard InChI is InChI=1S/C13H18FNS/c1-15-11-3-2-4-13(9-11)16-12-7-5-10(14)6-8-12/h5-8,11,13,15H,2-4,9H2,1H3. The Morgan fingerprint density at radius 2 is 2.00 bits per heavy atom. The van der Waals surface area contributed by atoms with Crippen molar-refractivity contribution < 1.29 is 4.39 Å². The van der Waals surface area contributed by atoms with Gasteiger partial charge in [-0.2, -0.15) is 0 Å². The van der Waals surface area contributed by atoms with E-state index in [-0.39, 0.29) is 5.82 Å². The highest BCUT2D eigenvalue weighted by molar-refractivity contribution is 8.00. The molecule has 88 valence electrons. The van der Waals surface area contributed by atoms with Gasteiger partial charge in [0.25, 0.3) is 0 Å². The molecule has 2 unspecified atom stereocenters. The summed E-state index contributed by atoms with van der Waals surface area (Å²) in [6.45, 7) is 0. The molecule has 3 heteroatoms. The summed E-state index contributed by atoms with van der Waals surface area (Å²) in [5.41, 5.74) is 0. The van der Waals surface area contributed by atoms with E-state index in [0.29, 0.717) is 11.3 Å². The van der Waals surface area contributed by atoms with Gasteiger partial charge in [-0.1, -0.05) is 6.42 Å². The summed E-state index contributed by atoms with van der Waals surface area (Å²) in [5.74, 6) is -0.152. The maximum absolute atomic E-state index is 12.8. The topological polar surface area (TPSA) is 12.0 Å². The predicted octanol–water partition coefficient (Wildman–Crippen LogP) is 3.45. The SMILES string of the molecule is CNC1CCCC(Sc2ccc(F)cc2)C1. The fourth-order valence-electron chi connectivity index (χ4n) is 2.22. The van der Waals surface area contributed by atoms with Gasteiger partial charge in [0.05, 0.1) is 0 Å². The molecule has 1 N–H and O–H groups in total. The first-order valence-electron chi connectivity index (χ1n) is 5.87. The molecule has 1 aliphatic carbocycles. The molecule has 16 heavy (non-hydrogen) atoms. The third kappa shape index (κ3) is 3.22. The van der Waals surface area contributed by atoms with Crippen LogP contribution >= 0.6 is 11.8 Å². The van der Waals surface area contributed by atoms with E-state index in [1.54, 1.807) is 12.1 Å². The van der Waals surface area contributed by atoms with Gasteiger partial charge in [0, 0.05) is 16.2 Å². The van der Waals surface area contributed by atoms with Gasteiger partial charge < -0.3 is 5.32 Å². The van der Waals surface area contributed by atoms with Crippen LogP contribution in [0.15, 0.2) is 29.2 Å². The molecule has 1 aliphatic rings. The zero-order valence-electron chi connectivity index (χ0n) is 9.58. The zero-order valence-corrected chi connectivity index (χ0v) is 10.4. The first-order chi connectivity index (χ1) is 7.78. The molecule has 0 radical (unpaired) electrons. The smallest absolute Gasteiger partial charge is 0.123 e. The lowest BCUT2D eigenvalue weighted by atomic mass is 9.95. The maximum atomic E-state index is 12.8. The van der Waals surface area contributed by atoms with Crippen LogP contribution in [-0.2, 0) is 0 Å². The van der Waals surface area contributed by atoms with E-state index in [2.05, 4.69) is 5.32 Å². The molecule has 1 aromatic carbocycles. The molecule has 2 rings (SSSR count). The number of thioether (sulfide) groups is 1. The molecule has 1 fully saturated rings. The quantitative estimate of drug-likeness (QED) is 0.867. The monoisotopic (exact) mass is 239 g/mol. The van der Waals surface area contributed by atoms with Crippen molar-refractivity contribution in [2.24, 2.45) is 0 Å². The molecule has 0 bridgehead atoms. The minimum absolute atomic E-state index is 0.152. The summed E-state index contributed by atoms with van der Waals surface area (Å²) in [6, 6.07) is 7.50. The van der Waals surface area contributed by atoms with E-state index in [9.17, 15) is 4.39 Å². The zero-order chi connectivity index (χ0) is 11.4. The minimum Gasteiger partial charge on any atom is -0.317 e. The van der Waals surface area contributed by atoms with Crippen molar-refractivity contribution in [3.05, 3.63) is 30.1 Å². The molecule has 0 amide bonds. The van der Waals surface area contributed by atoms with Crippen molar-refractivity contribution in [1.29, 1.82) is 0 Å². The van der Waals surface area contributed by atoms with Crippen molar-refractivity contribution in [3.63, 3.8) is 0 Å². The highest BCUT2D eigenvalue weighted by Gasteiger charge is 2.21. The van der Waals surface area contributed by atoms with E-state index < -0.39 is 0 Å². The van der Waals surface area contributed by atoms with Crippen LogP contribution in [0.1, 0.15) is 25.7 Å². The van der Waals surface area contributed by atoms with Gasteiger partial charge in [0.2, 0.25) is 0 Å². The molecule has 0 aliphatic heterocycles. The second-order valence-corrected chi connectivity index (χ2v) is 5.72. The lowest BCUT2D eigenvalue weighted by Crippen LogP contribution is -2.32. The molecule has 0 aromatic heterocycles. The Morgan fingerprint density at radius 1 is 1.25 bits per heavy atom. The van der Waals surface area contributed by atoms with Gasteiger partial charge >= 0.3 is 0 Å². The number of nitrogens with one attached hydrogen (secondary N) is 1. The average molecular weight is 239 g/mol. The normalized spacial score (nSPS) is 25.6. The number of hydrogen-bond acceptors (Lipinski definition) is 2. The van der Waals surface area contributed by atoms with Crippen LogP contribution in [-0.4, -0.2) is 18.3 Å². The third-order valence-corrected chi connectivity index (χ3v) is 4.46. The highest BCUT2D eigenvalue weighted by Crippen LogP contribution is 2.33. The summed E-state index contributed by atoms with van der Waals surface area (Å²) in [6.07, 6.45) is 5.08. The van der Waals surface area contributed by atoms with E-state index >= 15 is 0 Å². The number of benzene rings is 1. The summed E-state index contributed by atoms with van der Waals surface area (Å²) in [5, 5.41) is 4.03. The Labute approximate surface area is 101 Å². The van der Waals surface area contributed by atoms with Crippen LogP contribution in [0.4, 0.5) is 4.39 Å². The van der Waals surface area contributed by atoms with Gasteiger partial charge in [0.15, 0.2) is 0 Å². The van der Waals surface area contributed by atoms with Crippen LogP contribution in [0.5, 0.6) is 0 Å². The van der Waals surface area contributed by atoms with Crippen LogP contribution in [0.25, 0.3) is 0 Å². The Bertz CT molecular complexity index is 325. The number of hydrogen-bond donors (Lipinski definition) is 1. The summed E-state index contributed by atoms with van der Waals surface area (Å²) in [4.78, 5) is 1.18. The van der Waals surface area contributed by atoms with Gasteiger partial charge in [-0.25, -0.2) is 4.39 Å². The minimum atomic E-state index is -0.152. The van der Waals surface area contributed by atoms with Crippen LogP contribution in [0.3, 0.4) is 0 Å². The molecule has 2 atom stereocenters. The highest BCUT2D eigenvalue weighted by atomic mass is 32.2. The first kappa shape index (κ1) is 11.9. The van der Waals surface area contributed by atoms with Gasteiger partial charge in [-0.05, 0) is 50.6 Å². The van der Waals surface area contributed by atoms with Gasteiger partial charge in [-0.3, -0.25) is 0 Å². The van der Waals surface area contributed by atoms with Gasteiger partial charge in [-0.15, -0.1) is 11.8 Å². The van der Waals surface area contributed by atoms with Crippen molar-refractivity contribution in [2.75, 3.05) is 7.05 Å². The van der Waals surface area contributed by atoms with Gasteiger partial charge in [0.1, 0.15) is 5.82 Å². The lowest BCUT2D eigenvalue weighted by Gasteiger charge is -2.28. The van der Waals surface area contributed by atoms with Crippen LogP contribution < -0.4 is 5.32 Å². The van der Waals surface area contributed by atoms with E-state index in [0.717, 1.165) is 0 Å². The molecule has 0 spiro atoms. The fraction of sp³-hybridized carbons (Fsp3) is 0.538. The molecule has 0 saturated heterocycles. The first-order valence-corrected chi connectivity index (χ1v) is 6.75. The van der Waals surface area contributed by atoms with E-state index in [1.807, 2.05) is 30.9 Å². The van der Waals surface area contributed by atoms with E-state index in [4.69, 9.17) is 0 Å². The number of rotatable bonds is 3. The molecular weight excluding hydrogens is 221 g/mol. The Morgan fingerprint density at radius 3 is 2.69 bits per heavy atom. The molecule has 1 nitrogen and oxygen atoms in total. The van der Waals surface area contributed by atoms with Crippen molar-refractivity contribution in [1.82, 2.24) is 5.32 Å². The van der Waals surface area contributed by atoms with Crippen LogP contribution in [0.2, 0.25) is 0 Å². The average Bonchev–Trinajstić information content (AvgIpc) is 2.32. The summed E-state index contributed by atoms with van der Waals surface area (Å²) in [7, 11) is 2.04. The van der Waals surface area contributed by atoms with Crippen LogP contribution in [0, 0.1) is 5.82 Å². The largest absolute Gasteiger partial charge is 0.317 e. The second kappa shape index (κ2) is 5.69. The van der Waals surface area contributed by atoms with Crippen molar-refractivity contribution >= 4 is 11.8 Å². The lowest BCUT2D eigenvalue weighted by molar-refractivity contribution is 0.402. The Hall–Kier alpha value is -0.540. The third-order valence-electron chi connectivity index (χ3n) is 3.15. The fourth-order valence-corrected chi connectivity index (χ4v) is 3.51. The molecule has 1 aromatic rings. The second-order valence-electron chi connectivity index (χ2n) is 4.35. The van der Waals surface area contributed by atoms with Crippen molar-refractivity contribution in [3.8, 4) is 0 Å². The van der Waals surface area contributed by atoms with Crippen molar-refractivity contribution in [2.45, 2.75) is 41.9 Å². The molecular formula is C13H18FNS. The van der Waals surface area contributed by atoms with E-state index in [1.165, 1.54) is 30.6 Å². The number of halogens is 1. The summed E-state index contributed by atoms with van der Waals surface area (Å²) >= 11 is 1.89. The Kier molecular flexibility index (Phi) is 4.24. The summed E-state index contributed by atoms with van der Waals surface area (Å²) < 4.78 is 12.8.